The molecule has 2 rings (SSSR count). The molecule has 1 aromatic heterocycles. The molecule has 0 amide bonds. The van der Waals surface area contributed by atoms with Crippen molar-refractivity contribution in [3.8, 4) is 11.6 Å². The first-order valence-corrected chi connectivity index (χ1v) is 6.75. The fourth-order valence-corrected chi connectivity index (χ4v) is 2.04. The Hall–Kier alpha value is -2.21. The van der Waals surface area contributed by atoms with Crippen LogP contribution in [0.2, 0.25) is 5.15 Å². The molecule has 0 radical (unpaired) electrons. The average molecular weight is 308 g/mol. The highest BCUT2D eigenvalue weighted by Crippen LogP contribution is 2.31. The number of halogens is 1. The summed E-state index contributed by atoms with van der Waals surface area (Å²) in [5.74, 6) is 1.41. The maximum Gasteiger partial charge on any atom is 0.272 e. The molecule has 21 heavy (non-hydrogen) atoms. The number of ether oxygens (including phenoxy) is 1. The normalized spacial score (nSPS) is 10.5. The van der Waals surface area contributed by atoms with Gasteiger partial charge in [0.1, 0.15) is 16.7 Å². The molecular formula is C14H14ClN3O3. The SMILES string of the molecule is CCc1nc(Cl)cc(Oc2cc(C)c([N+](=O)[O-])cc2C)n1. The van der Waals surface area contributed by atoms with Gasteiger partial charge >= 0.3 is 0 Å². The Bertz CT molecular complexity index is 704. The summed E-state index contributed by atoms with van der Waals surface area (Å²) in [6.45, 7) is 5.32. The molecule has 2 aromatic rings. The van der Waals surface area contributed by atoms with Crippen molar-refractivity contribution < 1.29 is 9.66 Å². The molecule has 0 N–H and O–H groups in total. The Labute approximate surface area is 126 Å². The van der Waals surface area contributed by atoms with E-state index in [4.69, 9.17) is 16.3 Å². The summed E-state index contributed by atoms with van der Waals surface area (Å²) in [6.07, 6.45) is 0.634. The fraction of sp³-hybridized carbons (Fsp3) is 0.286. The molecule has 0 unspecified atom stereocenters. The van der Waals surface area contributed by atoms with Gasteiger partial charge in [-0.15, -0.1) is 0 Å². The molecule has 0 bridgehead atoms. The van der Waals surface area contributed by atoms with Gasteiger partial charge in [-0.25, -0.2) is 4.98 Å². The summed E-state index contributed by atoms with van der Waals surface area (Å²) in [5.41, 5.74) is 1.24. The highest BCUT2D eigenvalue weighted by molar-refractivity contribution is 6.29. The van der Waals surface area contributed by atoms with Crippen LogP contribution in [0.25, 0.3) is 0 Å². The number of aryl methyl sites for hydroxylation is 3. The molecule has 7 heteroatoms. The molecule has 0 fully saturated rings. The summed E-state index contributed by atoms with van der Waals surface area (Å²) in [7, 11) is 0. The fourth-order valence-electron chi connectivity index (χ4n) is 1.85. The maximum atomic E-state index is 10.9. The first kappa shape index (κ1) is 15.2. The number of aromatic nitrogens is 2. The zero-order valence-corrected chi connectivity index (χ0v) is 12.6. The Balaban J connectivity index is 2.38. The second-order valence-electron chi connectivity index (χ2n) is 4.56. The van der Waals surface area contributed by atoms with Crippen molar-refractivity contribution in [1.29, 1.82) is 0 Å². The maximum absolute atomic E-state index is 10.9. The van der Waals surface area contributed by atoms with E-state index >= 15 is 0 Å². The summed E-state index contributed by atoms with van der Waals surface area (Å²) in [5, 5.41) is 11.2. The molecule has 0 spiro atoms. The van der Waals surface area contributed by atoms with Crippen LogP contribution < -0.4 is 4.74 Å². The zero-order chi connectivity index (χ0) is 15.6. The second kappa shape index (κ2) is 6.05. The molecule has 0 aliphatic carbocycles. The third kappa shape index (κ3) is 3.46. The van der Waals surface area contributed by atoms with Crippen molar-refractivity contribution in [2.24, 2.45) is 0 Å². The minimum absolute atomic E-state index is 0.0646. The average Bonchev–Trinajstić information content (AvgIpc) is 2.41. The number of hydrogen-bond donors (Lipinski definition) is 0. The Morgan fingerprint density at radius 3 is 2.57 bits per heavy atom. The Kier molecular flexibility index (Phi) is 4.37. The lowest BCUT2D eigenvalue weighted by atomic mass is 10.1. The zero-order valence-electron chi connectivity index (χ0n) is 11.9. The van der Waals surface area contributed by atoms with Crippen LogP contribution >= 0.6 is 11.6 Å². The molecule has 1 heterocycles. The first-order chi connectivity index (χ1) is 9.90. The van der Waals surface area contributed by atoms with E-state index in [1.54, 1.807) is 19.9 Å². The van der Waals surface area contributed by atoms with Crippen molar-refractivity contribution in [3.05, 3.63) is 50.4 Å². The van der Waals surface area contributed by atoms with E-state index in [0.717, 1.165) is 0 Å². The largest absolute Gasteiger partial charge is 0.439 e. The van der Waals surface area contributed by atoms with Crippen molar-refractivity contribution in [2.75, 3.05) is 0 Å². The molecule has 0 saturated carbocycles. The predicted molar refractivity (Wildman–Crippen MR) is 79.1 cm³/mol. The minimum Gasteiger partial charge on any atom is -0.439 e. The van der Waals surface area contributed by atoms with E-state index in [1.165, 1.54) is 12.1 Å². The van der Waals surface area contributed by atoms with Crippen molar-refractivity contribution in [2.45, 2.75) is 27.2 Å². The first-order valence-electron chi connectivity index (χ1n) is 6.37. The van der Waals surface area contributed by atoms with Crippen LogP contribution in [0.3, 0.4) is 0 Å². The molecule has 0 aliphatic rings. The van der Waals surface area contributed by atoms with E-state index in [2.05, 4.69) is 9.97 Å². The quantitative estimate of drug-likeness (QED) is 0.484. The van der Waals surface area contributed by atoms with E-state index in [0.29, 0.717) is 40.2 Å². The molecule has 110 valence electrons. The molecule has 0 aliphatic heterocycles. The van der Waals surface area contributed by atoms with Crippen molar-refractivity contribution in [1.82, 2.24) is 9.97 Å². The summed E-state index contributed by atoms with van der Waals surface area (Å²) in [4.78, 5) is 18.8. The lowest BCUT2D eigenvalue weighted by Crippen LogP contribution is -1.99. The highest BCUT2D eigenvalue weighted by atomic mass is 35.5. The van der Waals surface area contributed by atoms with Crippen molar-refractivity contribution in [3.63, 3.8) is 0 Å². The van der Waals surface area contributed by atoms with Gasteiger partial charge in [-0.2, -0.15) is 4.98 Å². The summed E-state index contributed by atoms with van der Waals surface area (Å²) in [6, 6.07) is 4.61. The number of rotatable bonds is 4. The topological polar surface area (TPSA) is 78.2 Å². The van der Waals surface area contributed by atoms with Crippen LogP contribution in [-0.4, -0.2) is 14.9 Å². The lowest BCUT2D eigenvalue weighted by Gasteiger charge is -2.10. The van der Waals surface area contributed by atoms with Crippen LogP contribution in [0.1, 0.15) is 23.9 Å². The summed E-state index contributed by atoms with van der Waals surface area (Å²) < 4.78 is 5.69. The van der Waals surface area contributed by atoms with E-state index in [1.807, 2.05) is 6.92 Å². The van der Waals surface area contributed by atoms with Gasteiger partial charge in [0.15, 0.2) is 0 Å². The van der Waals surface area contributed by atoms with Gasteiger partial charge in [-0.1, -0.05) is 18.5 Å². The monoisotopic (exact) mass is 307 g/mol. The standard InChI is InChI=1S/C14H14ClN3O3/c1-4-13-16-12(15)7-14(17-13)21-11-6-8(2)10(18(19)20)5-9(11)3/h5-7H,4H2,1-3H3. The molecule has 0 atom stereocenters. The van der Waals surface area contributed by atoms with E-state index < -0.39 is 4.92 Å². The Morgan fingerprint density at radius 1 is 1.24 bits per heavy atom. The lowest BCUT2D eigenvalue weighted by molar-refractivity contribution is -0.385. The third-order valence-electron chi connectivity index (χ3n) is 2.94. The van der Waals surface area contributed by atoms with Gasteiger partial charge in [0, 0.05) is 24.1 Å². The molecular weight excluding hydrogens is 294 g/mol. The van der Waals surface area contributed by atoms with Gasteiger partial charge in [0.2, 0.25) is 5.88 Å². The van der Waals surface area contributed by atoms with Gasteiger partial charge < -0.3 is 4.74 Å². The van der Waals surface area contributed by atoms with E-state index in [9.17, 15) is 10.1 Å². The van der Waals surface area contributed by atoms with Crippen LogP contribution in [0.15, 0.2) is 18.2 Å². The van der Waals surface area contributed by atoms with Gasteiger partial charge in [0.05, 0.1) is 4.92 Å². The predicted octanol–water partition coefficient (Wildman–Crippen LogP) is 4.01. The van der Waals surface area contributed by atoms with E-state index in [-0.39, 0.29) is 5.69 Å². The van der Waals surface area contributed by atoms with Crippen LogP contribution in [0.4, 0.5) is 5.69 Å². The molecule has 1 aromatic carbocycles. The van der Waals surface area contributed by atoms with Crippen LogP contribution in [0.5, 0.6) is 11.6 Å². The summed E-state index contributed by atoms with van der Waals surface area (Å²) >= 11 is 5.91. The van der Waals surface area contributed by atoms with Gasteiger partial charge in [-0.3, -0.25) is 10.1 Å². The number of benzene rings is 1. The number of nitro groups is 1. The smallest absolute Gasteiger partial charge is 0.272 e. The van der Waals surface area contributed by atoms with Gasteiger partial charge in [-0.05, 0) is 25.5 Å². The molecule has 0 saturated heterocycles. The van der Waals surface area contributed by atoms with Gasteiger partial charge in [0.25, 0.3) is 5.69 Å². The highest BCUT2D eigenvalue weighted by Gasteiger charge is 2.15. The van der Waals surface area contributed by atoms with Crippen LogP contribution in [-0.2, 0) is 6.42 Å². The molecule has 6 nitrogen and oxygen atoms in total. The second-order valence-corrected chi connectivity index (χ2v) is 4.95. The minimum atomic E-state index is -0.414. The van der Waals surface area contributed by atoms with Crippen molar-refractivity contribution >= 4 is 17.3 Å². The number of hydrogen-bond acceptors (Lipinski definition) is 5. The Morgan fingerprint density at radius 2 is 1.95 bits per heavy atom. The number of nitro benzene ring substituents is 1. The number of nitrogens with zero attached hydrogens (tertiary/aromatic N) is 3. The van der Waals surface area contributed by atoms with Crippen LogP contribution in [0, 0.1) is 24.0 Å². The third-order valence-corrected chi connectivity index (χ3v) is 3.13.